The van der Waals surface area contributed by atoms with Gasteiger partial charge in [0.15, 0.2) is 17.5 Å². The summed E-state index contributed by atoms with van der Waals surface area (Å²) in [5.74, 6) is -4.26. The molecule has 0 amide bonds. The predicted octanol–water partition coefficient (Wildman–Crippen LogP) is 2.61. The van der Waals surface area contributed by atoms with Crippen molar-refractivity contribution in [3.8, 4) is 5.69 Å². The Hall–Kier alpha value is -2.18. The SMILES string of the molecule is CCCn1c(CC)c(N)c(=O)n1-c1cc(F)c(F)c(F)c1. The van der Waals surface area contributed by atoms with Gasteiger partial charge >= 0.3 is 0 Å². The Balaban J connectivity index is 2.77. The van der Waals surface area contributed by atoms with E-state index in [1.54, 1.807) is 4.68 Å². The van der Waals surface area contributed by atoms with Gasteiger partial charge in [-0.15, -0.1) is 0 Å². The lowest BCUT2D eigenvalue weighted by Gasteiger charge is -2.14. The fraction of sp³-hybridized carbons (Fsp3) is 0.357. The van der Waals surface area contributed by atoms with Crippen molar-refractivity contribution in [2.24, 2.45) is 0 Å². The van der Waals surface area contributed by atoms with Gasteiger partial charge in [-0.05, 0) is 12.8 Å². The van der Waals surface area contributed by atoms with E-state index in [2.05, 4.69) is 0 Å². The van der Waals surface area contributed by atoms with Crippen LogP contribution in [0.3, 0.4) is 0 Å². The van der Waals surface area contributed by atoms with Gasteiger partial charge in [-0.2, -0.15) is 0 Å². The van der Waals surface area contributed by atoms with E-state index < -0.39 is 23.0 Å². The minimum Gasteiger partial charge on any atom is -0.393 e. The Kier molecular flexibility index (Phi) is 4.11. The van der Waals surface area contributed by atoms with Crippen molar-refractivity contribution in [3.05, 3.63) is 45.6 Å². The van der Waals surface area contributed by atoms with Crippen molar-refractivity contribution < 1.29 is 13.2 Å². The first-order valence-corrected chi connectivity index (χ1v) is 6.67. The molecule has 0 aliphatic heterocycles. The molecule has 2 aromatic rings. The van der Waals surface area contributed by atoms with Crippen molar-refractivity contribution in [1.82, 2.24) is 9.36 Å². The third kappa shape index (κ3) is 2.43. The highest BCUT2D eigenvalue weighted by molar-refractivity contribution is 5.46. The second-order valence-corrected chi connectivity index (χ2v) is 4.68. The number of nitrogen functional groups attached to an aromatic ring is 1. The van der Waals surface area contributed by atoms with Crippen LogP contribution in [0.15, 0.2) is 16.9 Å². The zero-order valence-electron chi connectivity index (χ0n) is 11.8. The summed E-state index contributed by atoms with van der Waals surface area (Å²) in [6.45, 7) is 4.18. The van der Waals surface area contributed by atoms with Crippen LogP contribution >= 0.6 is 0 Å². The number of aromatic nitrogens is 2. The molecule has 0 radical (unpaired) electrons. The molecule has 0 saturated heterocycles. The van der Waals surface area contributed by atoms with Crippen molar-refractivity contribution in [2.45, 2.75) is 33.2 Å². The predicted molar refractivity (Wildman–Crippen MR) is 74.0 cm³/mol. The van der Waals surface area contributed by atoms with Crippen LogP contribution in [-0.2, 0) is 13.0 Å². The van der Waals surface area contributed by atoms with E-state index in [4.69, 9.17) is 5.73 Å². The summed E-state index contributed by atoms with van der Waals surface area (Å²) in [4.78, 5) is 12.2. The molecule has 0 fully saturated rings. The highest BCUT2D eigenvalue weighted by Gasteiger charge is 2.20. The van der Waals surface area contributed by atoms with Crippen LogP contribution in [-0.4, -0.2) is 9.36 Å². The van der Waals surface area contributed by atoms with Crippen LogP contribution in [0, 0.1) is 17.5 Å². The smallest absolute Gasteiger partial charge is 0.294 e. The van der Waals surface area contributed by atoms with Crippen molar-refractivity contribution >= 4 is 5.69 Å². The molecule has 1 heterocycles. The molecule has 0 atom stereocenters. The summed E-state index contributed by atoms with van der Waals surface area (Å²) in [5, 5.41) is 0. The molecule has 4 nitrogen and oxygen atoms in total. The lowest BCUT2D eigenvalue weighted by Crippen LogP contribution is -2.23. The van der Waals surface area contributed by atoms with Gasteiger partial charge in [-0.3, -0.25) is 9.48 Å². The van der Waals surface area contributed by atoms with Crippen LogP contribution in [0.5, 0.6) is 0 Å². The standard InChI is InChI=1S/C14H16F3N3O/c1-3-5-19-11(4-2)13(18)14(21)20(19)8-6-9(15)12(17)10(16)7-8/h6-7H,3-5,18H2,1-2H3. The second-order valence-electron chi connectivity index (χ2n) is 4.68. The number of nitrogens with two attached hydrogens (primary N) is 1. The Bertz CT molecular complexity index is 711. The topological polar surface area (TPSA) is 52.9 Å². The highest BCUT2D eigenvalue weighted by atomic mass is 19.2. The number of anilines is 1. The molecule has 2 N–H and O–H groups in total. The largest absolute Gasteiger partial charge is 0.393 e. The zero-order valence-corrected chi connectivity index (χ0v) is 11.8. The average molecular weight is 299 g/mol. The maximum atomic E-state index is 13.4. The number of rotatable bonds is 4. The van der Waals surface area contributed by atoms with Gasteiger partial charge < -0.3 is 5.73 Å². The van der Waals surface area contributed by atoms with E-state index in [9.17, 15) is 18.0 Å². The van der Waals surface area contributed by atoms with E-state index in [0.29, 0.717) is 25.1 Å². The first kappa shape index (κ1) is 15.2. The molecule has 0 bridgehead atoms. The zero-order chi connectivity index (χ0) is 15.7. The second kappa shape index (κ2) is 5.67. The van der Waals surface area contributed by atoms with E-state index >= 15 is 0 Å². The molecule has 0 saturated carbocycles. The maximum Gasteiger partial charge on any atom is 0.294 e. The maximum absolute atomic E-state index is 13.4. The Labute approximate surface area is 119 Å². The highest BCUT2D eigenvalue weighted by Crippen LogP contribution is 2.19. The van der Waals surface area contributed by atoms with Gasteiger partial charge in [0.1, 0.15) is 5.69 Å². The Morgan fingerprint density at radius 2 is 1.71 bits per heavy atom. The first-order chi connectivity index (χ1) is 9.92. The van der Waals surface area contributed by atoms with Gasteiger partial charge in [0.2, 0.25) is 0 Å². The van der Waals surface area contributed by atoms with E-state index in [-0.39, 0.29) is 11.4 Å². The molecule has 7 heteroatoms. The molecular formula is C14H16F3N3O. The summed E-state index contributed by atoms with van der Waals surface area (Å²) >= 11 is 0. The third-order valence-corrected chi connectivity index (χ3v) is 3.27. The fourth-order valence-electron chi connectivity index (χ4n) is 2.35. The number of benzene rings is 1. The normalized spacial score (nSPS) is 11.1. The minimum atomic E-state index is -1.57. The Morgan fingerprint density at radius 3 is 2.19 bits per heavy atom. The monoisotopic (exact) mass is 299 g/mol. The molecule has 1 aromatic heterocycles. The van der Waals surface area contributed by atoms with Crippen LogP contribution in [0.2, 0.25) is 0 Å². The number of hydrogen-bond acceptors (Lipinski definition) is 2. The van der Waals surface area contributed by atoms with Crippen LogP contribution < -0.4 is 11.3 Å². The molecule has 1 aromatic carbocycles. The fourth-order valence-corrected chi connectivity index (χ4v) is 2.35. The average Bonchev–Trinajstić information content (AvgIpc) is 2.68. The van der Waals surface area contributed by atoms with Gasteiger partial charge in [0, 0.05) is 18.7 Å². The molecule has 0 aliphatic carbocycles. The van der Waals surface area contributed by atoms with Crippen molar-refractivity contribution in [2.75, 3.05) is 5.73 Å². The summed E-state index contributed by atoms with van der Waals surface area (Å²) in [5.41, 5.74) is 5.75. The minimum absolute atomic E-state index is 0.0380. The van der Waals surface area contributed by atoms with Crippen molar-refractivity contribution in [1.29, 1.82) is 0 Å². The molecular weight excluding hydrogens is 283 g/mol. The van der Waals surface area contributed by atoms with Gasteiger partial charge in [0.05, 0.1) is 11.4 Å². The van der Waals surface area contributed by atoms with E-state index in [1.165, 1.54) is 0 Å². The van der Waals surface area contributed by atoms with Crippen LogP contribution in [0.25, 0.3) is 5.69 Å². The van der Waals surface area contributed by atoms with Gasteiger partial charge in [0.25, 0.3) is 5.56 Å². The van der Waals surface area contributed by atoms with E-state index in [0.717, 1.165) is 16.8 Å². The summed E-state index contributed by atoms with van der Waals surface area (Å²) in [7, 11) is 0. The molecule has 114 valence electrons. The van der Waals surface area contributed by atoms with Gasteiger partial charge in [-0.1, -0.05) is 13.8 Å². The van der Waals surface area contributed by atoms with Crippen molar-refractivity contribution in [3.63, 3.8) is 0 Å². The van der Waals surface area contributed by atoms with E-state index in [1.807, 2.05) is 13.8 Å². The summed E-state index contributed by atoms with van der Waals surface area (Å²) in [6.07, 6.45) is 1.20. The number of hydrogen-bond donors (Lipinski definition) is 1. The van der Waals surface area contributed by atoms with Gasteiger partial charge in [-0.25, -0.2) is 17.9 Å². The third-order valence-electron chi connectivity index (χ3n) is 3.27. The molecule has 2 rings (SSSR count). The van der Waals surface area contributed by atoms with Crippen LogP contribution in [0.4, 0.5) is 18.9 Å². The Morgan fingerprint density at radius 1 is 1.14 bits per heavy atom. The quantitative estimate of drug-likeness (QED) is 0.882. The molecule has 0 spiro atoms. The summed E-state index contributed by atoms with van der Waals surface area (Å²) in [6, 6.07) is 1.57. The molecule has 21 heavy (non-hydrogen) atoms. The lowest BCUT2D eigenvalue weighted by atomic mass is 10.3. The number of halogens is 3. The van der Waals surface area contributed by atoms with Crippen LogP contribution in [0.1, 0.15) is 26.0 Å². The molecule has 0 aliphatic rings. The summed E-state index contributed by atoms with van der Waals surface area (Å²) < 4.78 is 42.5. The first-order valence-electron chi connectivity index (χ1n) is 6.67. The number of nitrogens with zero attached hydrogens (tertiary/aromatic N) is 2. The molecule has 0 unspecified atom stereocenters. The lowest BCUT2D eigenvalue weighted by molar-refractivity contribution is 0.442.